The fourth-order valence-corrected chi connectivity index (χ4v) is 2.87. The van der Waals surface area contributed by atoms with Gasteiger partial charge in [-0.25, -0.2) is 4.68 Å². The zero-order valence-corrected chi connectivity index (χ0v) is 13.3. The van der Waals surface area contributed by atoms with Crippen molar-refractivity contribution in [2.75, 3.05) is 25.1 Å². The normalized spacial score (nSPS) is 20.8. The Balaban J connectivity index is 1.44. The number of nitrogens with one attached hydrogen (secondary N) is 2. The second kappa shape index (κ2) is 6.66. The zero-order chi connectivity index (χ0) is 16.4. The lowest BCUT2D eigenvalue weighted by molar-refractivity contribution is -0.117. The van der Waals surface area contributed by atoms with Crippen LogP contribution in [0.3, 0.4) is 0 Å². The lowest BCUT2D eigenvalue weighted by atomic mass is 10.1. The van der Waals surface area contributed by atoms with Gasteiger partial charge >= 0.3 is 0 Å². The Morgan fingerprint density at radius 2 is 2.33 bits per heavy atom. The molecule has 24 heavy (non-hydrogen) atoms. The molecule has 1 aliphatic carbocycles. The standard InChI is InChI=1S/C16H20N6O2/c23-15(9-13-10-24-7-6-17-13)18-12-3-1-2-11(8-12)16-19-20-21-22(16)14-4-5-14/h1-3,8,13-14,17H,4-7,9-10H2,(H,18,23). The molecule has 2 aliphatic rings. The van der Waals surface area contributed by atoms with Crippen LogP contribution in [0.1, 0.15) is 25.3 Å². The van der Waals surface area contributed by atoms with Gasteiger partial charge in [0.1, 0.15) is 0 Å². The summed E-state index contributed by atoms with van der Waals surface area (Å²) in [6.07, 6.45) is 2.62. The Morgan fingerprint density at radius 1 is 1.42 bits per heavy atom. The lowest BCUT2D eigenvalue weighted by Crippen LogP contribution is -2.43. The Morgan fingerprint density at radius 3 is 3.12 bits per heavy atom. The first kappa shape index (κ1) is 15.2. The molecule has 0 spiro atoms. The van der Waals surface area contributed by atoms with Crippen LogP contribution in [-0.2, 0) is 9.53 Å². The highest BCUT2D eigenvalue weighted by Gasteiger charge is 2.28. The van der Waals surface area contributed by atoms with Gasteiger partial charge in [0.15, 0.2) is 5.82 Å². The van der Waals surface area contributed by atoms with E-state index in [9.17, 15) is 4.79 Å². The van der Waals surface area contributed by atoms with Gasteiger partial charge < -0.3 is 15.4 Å². The predicted octanol–water partition coefficient (Wildman–Crippen LogP) is 0.992. The van der Waals surface area contributed by atoms with E-state index in [1.54, 1.807) is 0 Å². The third-order valence-corrected chi connectivity index (χ3v) is 4.22. The summed E-state index contributed by atoms with van der Waals surface area (Å²) in [6, 6.07) is 8.12. The first-order valence-corrected chi connectivity index (χ1v) is 8.29. The van der Waals surface area contributed by atoms with Crippen LogP contribution < -0.4 is 10.6 Å². The van der Waals surface area contributed by atoms with E-state index >= 15 is 0 Å². The van der Waals surface area contributed by atoms with Crippen LogP contribution >= 0.6 is 0 Å². The van der Waals surface area contributed by atoms with Crippen LogP contribution in [0.15, 0.2) is 24.3 Å². The highest BCUT2D eigenvalue weighted by molar-refractivity contribution is 5.91. The minimum Gasteiger partial charge on any atom is -0.378 e. The first-order chi connectivity index (χ1) is 11.8. The van der Waals surface area contributed by atoms with Crippen molar-refractivity contribution in [3.63, 3.8) is 0 Å². The molecule has 1 saturated heterocycles. The highest BCUT2D eigenvalue weighted by atomic mass is 16.5. The molecule has 1 aliphatic heterocycles. The summed E-state index contributed by atoms with van der Waals surface area (Å²) in [4.78, 5) is 12.2. The molecule has 0 radical (unpaired) electrons. The summed E-state index contributed by atoms with van der Waals surface area (Å²) in [7, 11) is 0. The van der Waals surface area contributed by atoms with Crippen LogP contribution in [0.2, 0.25) is 0 Å². The molecule has 4 rings (SSSR count). The number of tetrazole rings is 1. The number of nitrogens with zero attached hydrogens (tertiary/aromatic N) is 4. The molecule has 8 heteroatoms. The maximum absolute atomic E-state index is 12.2. The number of rotatable bonds is 5. The van der Waals surface area contributed by atoms with Crippen molar-refractivity contribution in [3.8, 4) is 11.4 Å². The maximum atomic E-state index is 12.2. The number of benzene rings is 1. The molecule has 0 bridgehead atoms. The third kappa shape index (κ3) is 3.44. The van der Waals surface area contributed by atoms with Crippen molar-refractivity contribution in [2.24, 2.45) is 0 Å². The van der Waals surface area contributed by atoms with Crippen molar-refractivity contribution >= 4 is 11.6 Å². The smallest absolute Gasteiger partial charge is 0.226 e. The molecule has 2 N–H and O–H groups in total. The number of carbonyl (C=O) groups is 1. The van der Waals surface area contributed by atoms with Gasteiger partial charge in [0.25, 0.3) is 0 Å². The van der Waals surface area contributed by atoms with E-state index in [0.29, 0.717) is 25.7 Å². The van der Waals surface area contributed by atoms with E-state index in [-0.39, 0.29) is 11.9 Å². The first-order valence-electron chi connectivity index (χ1n) is 8.29. The van der Waals surface area contributed by atoms with Crippen molar-refractivity contribution in [1.82, 2.24) is 25.5 Å². The van der Waals surface area contributed by atoms with Crippen LogP contribution in [0.25, 0.3) is 11.4 Å². The van der Waals surface area contributed by atoms with Gasteiger partial charge in [-0.1, -0.05) is 12.1 Å². The van der Waals surface area contributed by atoms with Crippen LogP contribution in [0, 0.1) is 0 Å². The Hall–Kier alpha value is -2.32. The zero-order valence-electron chi connectivity index (χ0n) is 13.3. The molecule has 1 aromatic heterocycles. The second-order valence-corrected chi connectivity index (χ2v) is 6.24. The number of hydrogen-bond donors (Lipinski definition) is 2. The largest absolute Gasteiger partial charge is 0.378 e. The van der Waals surface area contributed by atoms with E-state index in [1.807, 2.05) is 28.9 Å². The molecule has 1 amide bonds. The molecular weight excluding hydrogens is 308 g/mol. The van der Waals surface area contributed by atoms with E-state index in [2.05, 4.69) is 26.2 Å². The van der Waals surface area contributed by atoms with Crippen molar-refractivity contribution < 1.29 is 9.53 Å². The summed E-state index contributed by atoms with van der Waals surface area (Å²) >= 11 is 0. The van der Waals surface area contributed by atoms with E-state index < -0.39 is 0 Å². The summed E-state index contributed by atoms with van der Waals surface area (Å²) in [5.41, 5.74) is 1.66. The number of hydrogen-bond acceptors (Lipinski definition) is 6. The van der Waals surface area contributed by atoms with E-state index in [4.69, 9.17) is 4.74 Å². The van der Waals surface area contributed by atoms with Gasteiger partial charge in [-0.15, -0.1) is 5.10 Å². The summed E-state index contributed by atoms with van der Waals surface area (Å²) in [5, 5.41) is 18.2. The molecule has 1 aromatic carbocycles. The molecule has 1 atom stereocenters. The summed E-state index contributed by atoms with van der Waals surface area (Å²) < 4.78 is 7.24. The van der Waals surface area contributed by atoms with Gasteiger partial charge in [-0.2, -0.15) is 0 Å². The SMILES string of the molecule is O=C(CC1COCCN1)Nc1cccc(-c2nnnn2C2CC2)c1. The number of amides is 1. The highest BCUT2D eigenvalue weighted by Crippen LogP contribution is 2.36. The summed E-state index contributed by atoms with van der Waals surface area (Å²) in [5.74, 6) is 0.716. The number of anilines is 1. The topological polar surface area (TPSA) is 94.0 Å². The van der Waals surface area contributed by atoms with Crippen LogP contribution in [-0.4, -0.2) is 51.9 Å². The van der Waals surface area contributed by atoms with E-state index in [1.165, 1.54) is 0 Å². The van der Waals surface area contributed by atoms with Crippen molar-refractivity contribution in [1.29, 1.82) is 0 Å². The number of aromatic nitrogens is 4. The van der Waals surface area contributed by atoms with Crippen LogP contribution in [0.5, 0.6) is 0 Å². The fourth-order valence-electron chi connectivity index (χ4n) is 2.87. The molecule has 2 fully saturated rings. The van der Waals surface area contributed by atoms with Gasteiger partial charge in [0.05, 0.1) is 19.3 Å². The Bertz CT molecular complexity index is 721. The van der Waals surface area contributed by atoms with Gasteiger partial charge in [0.2, 0.25) is 5.91 Å². The second-order valence-electron chi connectivity index (χ2n) is 6.24. The quantitative estimate of drug-likeness (QED) is 0.850. The summed E-state index contributed by atoms with van der Waals surface area (Å²) in [6.45, 7) is 2.07. The average Bonchev–Trinajstić information content (AvgIpc) is 3.32. The molecular formula is C16H20N6O2. The molecule has 2 aromatic rings. The molecule has 2 heterocycles. The van der Waals surface area contributed by atoms with Crippen molar-refractivity contribution in [3.05, 3.63) is 24.3 Å². The molecule has 126 valence electrons. The lowest BCUT2D eigenvalue weighted by Gasteiger charge is -2.23. The molecule has 8 nitrogen and oxygen atoms in total. The Kier molecular flexibility index (Phi) is 4.22. The number of ether oxygens (including phenoxy) is 1. The Labute approximate surface area is 139 Å². The van der Waals surface area contributed by atoms with Crippen LogP contribution in [0.4, 0.5) is 5.69 Å². The molecule has 1 saturated carbocycles. The maximum Gasteiger partial charge on any atom is 0.226 e. The minimum atomic E-state index is -0.0306. The van der Waals surface area contributed by atoms with Crippen molar-refractivity contribution in [2.45, 2.75) is 31.3 Å². The minimum absolute atomic E-state index is 0.0306. The predicted molar refractivity (Wildman–Crippen MR) is 87.4 cm³/mol. The van der Waals surface area contributed by atoms with Gasteiger partial charge in [0, 0.05) is 30.3 Å². The third-order valence-electron chi connectivity index (χ3n) is 4.22. The fraction of sp³-hybridized carbons (Fsp3) is 0.500. The van der Waals surface area contributed by atoms with Gasteiger partial charge in [-0.3, -0.25) is 4.79 Å². The van der Waals surface area contributed by atoms with E-state index in [0.717, 1.165) is 36.5 Å². The monoisotopic (exact) mass is 328 g/mol. The average molecular weight is 328 g/mol. The molecule has 1 unspecified atom stereocenters. The number of morpholine rings is 1. The number of carbonyl (C=O) groups excluding carboxylic acids is 1. The van der Waals surface area contributed by atoms with Gasteiger partial charge in [-0.05, 0) is 35.4 Å².